The van der Waals surface area contributed by atoms with E-state index in [1.807, 2.05) is 28.7 Å². The third kappa shape index (κ3) is 3.61. The Morgan fingerprint density at radius 2 is 2.52 bits per heavy atom. The van der Waals surface area contributed by atoms with Crippen molar-refractivity contribution in [2.45, 2.75) is 43.4 Å². The molecule has 0 aliphatic carbocycles. The number of thioether (sulfide) groups is 1. The van der Waals surface area contributed by atoms with Crippen LogP contribution in [0, 0.1) is 0 Å². The smallest absolute Gasteiger partial charge is 0.271 e. The van der Waals surface area contributed by atoms with Gasteiger partial charge in [-0.1, -0.05) is 0 Å². The molecule has 116 valence electrons. The van der Waals surface area contributed by atoms with Crippen LogP contribution in [-0.4, -0.2) is 45.8 Å². The predicted molar refractivity (Wildman–Crippen MR) is 85.8 cm³/mol. The van der Waals surface area contributed by atoms with E-state index >= 15 is 0 Å². The van der Waals surface area contributed by atoms with Crippen molar-refractivity contribution in [1.29, 1.82) is 0 Å². The molecular weight excluding hydrogens is 284 g/mol. The van der Waals surface area contributed by atoms with Crippen molar-refractivity contribution in [3.05, 3.63) is 18.0 Å². The average molecular weight is 308 g/mol. The molecule has 2 aliphatic heterocycles. The number of hydrogen-bond acceptors (Lipinski definition) is 4. The highest BCUT2D eigenvalue weighted by Gasteiger charge is 2.30. The summed E-state index contributed by atoms with van der Waals surface area (Å²) in [6, 6.07) is 2.21. The van der Waals surface area contributed by atoms with E-state index in [9.17, 15) is 4.79 Å². The van der Waals surface area contributed by atoms with Gasteiger partial charge in [-0.2, -0.15) is 16.9 Å². The third-order valence-corrected chi connectivity index (χ3v) is 5.95. The van der Waals surface area contributed by atoms with Crippen molar-refractivity contribution in [3.63, 3.8) is 0 Å². The molecule has 0 saturated carbocycles. The molecule has 0 bridgehead atoms. The van der Waals surface area contributed by atoms with Crippen LogP contribution in [0.4, 0.5) is 0 Å². The monoisotopic (exact) mass is 308 g/mol. The topological polar surface area (TPSA) is 59.0 Å². The van der Waals surface area contributed by atoms with Crippen LogP contribution in [-0.2, 0) is 0 Å². The fraction of sp³-hybridized carbons (Fsp3) is 0.733. The number of carbonyl (C=O) groups is 1. The van der Waals surface area contributed by atoms with E-state index in [1.54, 1.807) is 0 Å². The number of carbonyl (C=O) groups excluding carboxylic acids is 1. The first kappa shape index (κ1) is 14.9. The van der Waals surface area contributed by atoms with Crippen molar-refractivity contribution in [1.82, 2.24) is 20.4 Å². The van der Waals surface area contributed by atoms with Gasteiger partial charge in [0.2, 0.25) is 0 Å². The summed E-state index contributed by atoms with van der Waals surface area (Å²) in [7, 11) is 0. The SMILES string of the molecule is C[C@]1(CNC(=O)c2ccn([C@H]3CCCNC3)n2)CCCS1. The van der Waals surface area contributed by atoms with E-state index in [2.05, 4.69) is 22.7 Å². The highest BCUT2D eigenvalue weighted by Crippen LogP contribution is 2.36. The lowest BCUT2D eigenvalue weighted by molar-refractivity contribution is 0.0943. The van der Waals surface area contributed by atoms with Crippen LogP contribution in [0.15, 0.2) is 12.3 Å². The maximum Gasteiger partial charge on any atom is 0.271 e. The first-order valence-corrected chi connectivity index (χ1v) is 8.83. The Bertz CT molecular complexity index is 490. The van der Waals surface area contributed by atoms with Crippen molar-refractivity contribution in [3.8, 4) is 0 Å². The maximum absolute atomic E-state index is 12.2. The minimum atomic E-state index is -0.0498. The summed E-state index contributed by atoms with van der Waals surface area (Å²) in [4.78, 5) is 12.2. The number of piperidine rings is 1. The van der Waals surface area contributed by atoms with Gasteiger partial charge in [-0.3, -0.25) is 9.48 Å². The molecule has 6 heteroatoms. The van der Waals surface area contributed by atoms with Crippen molar-refractivity contribution < 1.29 is 4.79 Å². The van der Waals surface area contributed by atoms with Crippen LogP contribution in [0.25, 0.3) is 0 Å². The number of rotatable bonds is 4. The molecule has 2 atom stereocenters. The summed E-state index contributed by atoms with van der Waals surface area (Å²) in [6.07, 6.45) is 6.66. The van der Waals surface area contributed by atoms with Crippen molar-refractivity contribution in [2.24, 2.45) is 0 Å². The molecule has 5 nitrogen and oxygen atoms in total. The minimum Gasteiger partial charge on any atom is -0.349 e. The summed E-state index contributed by atoms with van der Waals surface area (Å²) < 4.78 is 2.14. The number of amides is 1. The van der Waals surface area contributed by atoms with E-state index in [0.29, 0.717) is 11.7 Å². The fourth-order valence-electron chi connectivity index (χ4n) is 3.06. The van der Waals surface area contributed by atoms with E-state index < -0.39 is 0 Å². The highest BCUT2D eigenvalue weighted by atomic mass is 32.2. The molecule has 1 amide bonds. The summed E-state index contributed by atoms with van der Waals surface area (Å²) >= 11 is 1.96. The molecule has 2 aliphatic rings. The zero-order chi connectivity index (χ0) is 14.7. The standard InChI is InChI=1S/C15H24N4OS/c1-15(6-3-9-21-15)11-17-14(20)13-5-8-19(18-13)12-4-2-7-16-10-12/h5,8,12,16H,2-4,6-7,9-11H2,1H3,(H,17,20)/t12-,15+/m0/s1. The Morgan fingerprint density at radius 1 is 1.62 bits per heavy atom. The molecule has 3 heterocycles. The molecule has 0 unspecified atom stereocenters. The van der Waals surface area contributed by atoms with Gasteiger partial charge in [-0.25, -0.2) is 0 Å². The highest BCUT2D eigenvalue weighted by molar-refractivity contribution is 8.00. The van der Waals surface area contributed by atoms with Gasteiger partial charge in [0.05, 0.1) is 6.04 Å². The van der Waals surface area contributed by atoms with E-state index in [4.69, 9.17) is 0 Å². The zero-order valence-electron chi connectivity index (χ0n) is 12.6. The number of nitrogens with one attached hydrogen (secondary N) is 2. The van der Waals surface area contributed by atoms with Crippen LogP contribution in [0.2, 0.25) is 0 Å². The molecule has 0 radical (unpaired) electrons. The summed E-state index contributed by atoms with van der Waals surface area (Å²) in [5, 5.41) is 10.9. The van der Waals surface area contributed by atoms with Crippen molar-refractivity contribution >= 4 is 17.7 Å². The van der Waals surface area contributed by atoms with Crippen LogP contribution < -0.4 is 10.6 Å². The lowest BCUT2D eigenvalue weighted by Gasteiger charge is -2.23. The van der Waals surface area contributed by atoms with Crippen LogP contribution in [0.5, 0.6) is 0 Å². The Balaban J connectivity index is 1.56. The van der Waals surface area contributed by atoms with E-state index in [-0.39, 0.29) is 10.7 Å². The molecular formula is C15H24N4OS. The zero-order valence-corrected chi connectivity index (χ0v) is 13.4. The van der Waals surface area contributed by atoms with Crippen LogP contribution >= 0.6 is 11.8 Å². The second-order valence-electron chi connectivity index (χ2n) is 6.27. The van der Waals surface area contributed by atoms with Crippen LogP contribution in [0.3, 0.4) is 0 Å². The van der Waals surface area contributed by atoms with Gasteiger partial charge in [-0.05, 0) is 51.0 Å². The van der Waals surface area contributed by atoms with Crippen molar-refractivity contribution in [2.75, 3.05) is 25.4 Å². The predicted octanol–water partition coefficient (Wildman–Crippen LogP) is 1.82. The van der Waals surface area contributed by atoms with Gasteiger partial charge in [0.25, 0.3) is 5.91 Å². The fourth-order valence-corrected chi connectivity index (χ4v) is 4.30. The van der Waals surface area contributed by atoms with E-state index in [0.717, 1.165) is 26.1 Å². The molecule has 2 fully saturated rings. The first-order chi connectivity index (χ1) is 10.2. The molecule has 21 heavy (non-hydrogen) atoms. The maximum atomic E-state index is 12.2. The molecule has 1 aromatic heterocycles. The minimum absolute atomic E-state index is 0.0498. The van der Waals surface area contributed by atoms with Gasteiger partial charge < -0.3 is 10.6 Å². The second kappa shape index (κ2) is 6.40. The Kier molecular flexibility index (Phi) is 4.54. The number of aromatic nitrogens is 2. The Labute approximate surface area is 130 Å². The molecule has 0 spiro atoms. The molecule has 2 N–H and O–H groups in total. The second-order valence-corrected chi connectivity index (χ2v) is 7.95. The summed E-state index contributed by atoms with van der Waals surface area (Å²) in [5.41, 5.74) is 0.534. The molecule has 3 rings (SSSR count). The van der Waals surface area contributed by atoms with Gasteiger partial charge in [0.15, 0.2) is 0 Å². The van der Waals surface area contributed by atoms with E-state index in [1.165, 1.54) is 25.0 Å². The lowest BCUT2D eigenvalue weighted by atomic mass is 10.1. The van der Waals surface area contributed by atoms with Crippen LogP contribution in [0.1, 0.15) is 49.1 Å². The number of hydrogen-bond donors (Lipinski definition) is 2. The Morgan fingerprint density at radius 3 is 3.24 bits per heavy atom. The van der Waals surface area contributed by atoms with Gasteiger partial charge in [0, 0.05) is 24.0 Å². The number of nitrogens with zero attached hydrogens (tertiary/aromatic N) is 2. The largest absolute Gasteiger partial charge is 0.349 e. The first-order valence-electron chi connectivity index (χ1n) is 7.84. The Hall–Kier alpha value is -1.01. The third-order valence-electron chi connectivity index (χ3n) is 4.41. The normalized spacial score (nSPS) is 29.5. The lowest BCUT2D eigenvalue weighted by Crippen LogP contribution is -2.37. The summed E-state index contributed by atoms with van der Waals surface area (Å²) in [6.45, 7) is 4.99. The van der Waals surface area contributed by atoms with Gasteiger partial charge in [0.1, 0.15) is 5.69 Å². The summed E-state index contributed by atoms with van der Waals surface area (Å²) in [5.74, 6) is 1.15. The van der Waals surface area contributed by atoms with Gasteiger partial charge in [-0.15, -0.1) is 0 Å². The molecule has 0 aromatic carbocycles. The average Bonchev–Trinajstić information content (AvgIpc) is 3.16. The molecule has 2 saturated heterocycles. The molecule has 1 aromatic rings. The quantitative estimate of drug-likeness (QED) is 0.891. The van der Waals surface area contributed by atoms with Gasteiger partial charge >= 0.3 is 0 Å².